The predicted octanol–water partition coefficient (Wildman–Crippen LogP) is 0.843. The number of halogens is 2. The Bertz CT molecular complexity index is 278. The topological polar surface area (TPSA) is 40.1 Å². The quantitative estimate of drug-likeness (QED) is 0.632. The van der Waals surface area contributed by atoms with Crippen LogP contribution in [0.5, 0.6) is 0 Å². The van der Waals surface area contributed by atoms with E-state index in [0.717, 1.165) is 18.2 Å². The van der Waals surface area contributed by atoms with Crippen molar-refractivity contribution in [2.45, 2.75) is 0 Å². The van der Waals surface area contributed by atoms with Crippen molar-refractivity contribution in [1.82, 2.24) is 0 Å². The van der Waals surface area contributed by atoms with Gasteiger partial charge < -0.3 is 9.90 Å². The minimum absolute atomic E-state index is 0.0456. The number of carboxylic acid groups (broad SMARTS) is 1. The van der Waals surface area contributed by atoms with E-state index in [1.165, 1.54) is 0 Å². The van der Waals surface area contributed by atoms with Gasteiger partial charge in [0.05, 0.1) is 5.97 Å². The molecule has 0 amide bonds. The van der Waals surface area contributed by atoms with Gasteiger partial charge in [-0.1, -0.05) is 11.6 Å². The summed E-state index contributed by atoms with van der Waals surface area (Å²) in [5.41, 5.74) is -0.255. The summed E-state index contributed by atoms with van der Waals surface area (Å²) in [6.07, 6.45) is 0. The van der Waals surface area contributed by atoms with Crippen LogP contribution in [0.3, 0.4) is 0 Å². The monoisotopic (exact) mass is 173 g/mol. The van der Waals surface area contributed by atoms with Crippen LogP contribution in [0.4, 0.5) is 4.39 Å². The molecule has 11 heavy (non-hydrogen) atoms. The molecule has 0 unspecified atom stereocenters. The Morgan fingerprint density at radius 2 is 2.09 bits per heavy atom. The maximum atomic E-state index is 12.4. The maximum absolute atomic E-state index is 12.4. The maximum Gasteiger partial charge on any atom is 0.125 e. The van der Waals surface area contributed by atoms with E-state index in [0.29, 0.717) is 0 Å². The van der Waals surface area contributed by atoms with E-state index in [4.69, 9.17) is 11.6 Å². The summed E-state index contributed by atoms with van der Waals surface area (Å²) in [4.78, 5) is 10.2. The van der Waals surface area contributed by atoms with Gasteiger partial charge in [0.25, 0.3) is 0 Å². The first kappa shape index (κ1) is 8.01. The number of benzene rings is 1. The Morgan fingerprint density at radius 1 is 1.45 bits per heavy atom. The zero-order valence-electron chi connectivity index (χ0n) is 5.30. The fraction of sp³-hybridized carbons (Fsp3) is 0. The highest BCUT2D eigenvalue weighted by molar-refractivity contribution is 6.30. The molecule has 0 aliphatic rings. The van der Waals surface area contributed by atoms with E-state index >= 15 is 0 Å². The summed E-state index contributed by atoms with van der Waals surface area (Å²) >= 11 is 5.36. The second kappa shape index (κ2) is 2.88. The second-order valence-electron chi connectivity index (χ2n) is 1.95. The molecule has 0 aromatic heterocycles. The molecule has 0 aliphatic heterocycles. The summed E-state index contributed by atoms with van der Waals surface area (Å²) in [5.74, 6) is -2.12. The Hall–Kier alpha value is -1.09. The molecule has 0 saturated carbocycles. The lowest BCUT2D eigenvalue weighted by atomic mass is 10.2. The first-order valence-corrected chi connectivity index (χ1v) is 3.15. The summed E-state index contributed by atoms with van der Waals surface area (Å²) in [5, 5.41) is 10.2. The Balaban J connectivity index is 3.19. The molecule has 0 atom stereocenters. The van der Waals surface area contributed by atoms with Gasteiger partial charge in [0.1, 0.15) is 5.82 Å². The van der Waals surface area contributed by atoms with Crippen molar-refractivity contribution in [2.75, 3.05) is 0 Å². The lowest BCUT2D eigenvalue weighted by Gasteiger charge is -2.01. The van der Waals surface area contributed by atoms with E-state index in [9.17, 15) is 14.3 Å². The molecular weight excluding hydrogens is 171 g/mol. The summed E-state index contributed by atoms with van der Waals surface area (Å²) < 4.78 is 12.4. The van der Waals surface area contributed by atoms with Gasteiger partial charge in [0.15, 0.2) is 0 Å². The molecule has 0 N–H and O–H groups in total. The van der Waals surface area contributed by atoms with Gasteiger partial charge in [-0.3, -0.25) is 0 Å². The average molecular weight is 174 g/mol. The lowest BCUT2D eigenvalue weighted by Crippen LogP contribution is -2.22. The largest absolute Gasteiger partial charge is 0.545 e. The van der Waals surface area contributed by atoms with Gasteiger partial charge in [-0.25, -0.2) is 4.39 Å². The highest BCUT2D eigenvalue weighted by atomic mass is 35.5. The lowest BCUT2D eigenvalue weighted by molar-refractivity contribution is -0.255. The van der Waals surface area contributed by atoms with Crippen molar-refractivity contribution in [3.8, 4) is 0 Å². The molecular formula is C7H3ClFO2-. The molecule has 1 aromatic rings. The van der Waals surface area contributed by atoms with E-state index in [1.54, 1.807) is 0 Å². The average Bonchev–Trinajstić information content (AvgIpc) is 1.85. The highest BCUT2D eigenvalue weighted by Gasteiger charge is 1.98. The van der Waals surface area contributed by atoms with Crippen LogP contribution < -0.4 is 5.11 Å². The number of carbonyl (C=O) groups is 1. The molecule has 0 heterocycles. The second-order valence-corrected chi connectivity index (χ2v) is 2.38. The molecule has 2 nitrogen and oxygen atoms in total. The summed E-state index contributed by atoms with van der Waals surface area (Å²) in [7, 11) is 0. The van der Waals surface area contributed by atoms with Crippen molar-refractivity contribution in [3.63, 3.8) is 0 Å². The van der Waals surface area contributed by atoms with Crippen LogP contribution in [0.15, 0.2) is 18.2 Å². The number of rotatable bonds is 1. The van der Waals surface area contributed by atoms with Crippen molar-refractivity contribution in [3.05, 3.63) is 34.6 Å². The van der Waals surface area contributed by atoms with Crippen LogP contribution in [-0.2, 0) is 0 Å². The molecule has 58 valence electrons. The van der Waals surface area contributed by atoms with Crippen LogP contribution in [0, 0.1) is 5.82 Å². The minimum atomic E-state index is -1.44. The van der Waals surface area contributed by atoms with Gasteiger partial charge in [-0.15, -0.1) is 0 Å². The Labute approximate surface area is 67.2 Å². The Morgan fingerprint density at radius 3 is 2.55 bits per heavy atom. The minimum Gasteiger partial charge on any atom is -0.545 e. The smallest absolute Gasteiger partial charge is 0.125 e. The van der Waals surface area contributed by atoms with E-state index in [2.05, 4.69) is 0 Å². The van der Waals surface area contributed by atoms with Crippen LogP contribution in [0.25, 0.3) is 0 Å². The van der Waals surface area contributed by atoms with Gasteiger partial charge in [0.2, 0.25) is 0 Å². The molecule has 0 fully saturated rings. The molecule has 0 bridgehead atoms. The third kappa shape index (κ3) is 1.91. The third-order valence-electron chi connectivity index (χ3n) is 1.10. The van der Waals surface area contributed by atoms with Crippen molar-refractivity contribution in [1.29, 1.82) is 0 Å². The van der Waals surface area contributed by atoms with Crippen LogP contribution in [0.1, 0.15) is 10.4 Å². The first-order valence-electron chi connectivity index (χ1n) is 2.77. The highest BCUT2D eigenvalue weighted by Crippen LogP contribution is 2.13. The van der Waals surface area contributed by atoms with Gasteiger partial charge in [-0.05, 0) is 18.2 Å². The number of hydrogen-bond donors (Lipinski definition) is 0. The molecule has 1 aromatic carbocycles. The normalized spacial score (nSPS) is 9.64. The summed E-state index contributed by atoms with van der Waals surface area (Å²) in [6.45, 7) is 0. The standard InChI is InChI=1S/C7H4ClFO2/c8-5-1-4(7(10)11)2-6(9)3-5/h1-3H,(H,10,11)/p-1. The van der Waals surface area contributed by atoms with Crippen molar-refractivity contribution >= 4 is 17.6 Å². The van der Waals surface area contributed by atoms with Crippen LogP contribution >= 0.6 is 11.6 Å². The SMILES string of the molecule is O=C([O-])c1cc(F)cc(Cl)c1. The fourth-order valence-electron chi connectivity index (χ4n) is 0.672. The van der Waals surface area contributed by atoms with Gasteiger partial charge >= 0.3 is 0 Å². The first-order chi connectivity index (χ1) is 5.09. The number of carbonyl (C=O) groups excluding carboxylic acids is 1. The van der Waals surface area contributed by atoms with E-state index in [1.807, 2.05) is 0 Å². The van der Waals surface area contributed by atoms with Crippen LogP contribution in [0.2, 0.25) is 5.02 Å². The molecule has 0 saturated heterocycles. The number of hydrogen-bond acceptors (Lipinski definition) is 2. The summed E-state index contributed by atoms with van der Waals surface area (Å²) in [6, 6.07) is 3.00. The zero-order valence-corrected chi connectivity index (χ0v) is 6.06. The van der Waals surface area contributed by atoms with Gasteiger partial charge in [-0.2, -0.15) is 0 Å². The predicted molar refractivity (Wildman–Crippen MR) is 35.7 cm³/mol. The molecule has 4 heteroatoms. The van der Waals surface area contributed by atoms with E-state index in [-0.39, 0.29) is 10.6 Å². The molecule has 0 radical (unpaired) electrons. The Kier molecular flexibility index (Phi) is 2.10. The van der Waals surface area contributed by atoms with Crippen LogP contribution in [-0.4, -0.2) is 5.97 Å². The number of aromatic carboxylic acids is 1. The third-order valence-corrected chi connectivity index (χ3v) is 1.32. The fourth-order valence-corrected chi connectivity index (χ4v) is 0.893. The molecule has 1 rings (SSSR count). The van der Waals surface area contributed by atoms with Crippen molar-refractivity contribution in [2.24, 2.45) is 0 Å². The zero-order chi connectivity index (χ0) is 8.43. The molecule has 0 aliphatic carbocycles. The number of carboxylic acids is 1. The van der Waals surface area contributed by atoms with Crippen molar-refractivity contribution < 1.29 is 14.3 Å². The molecule has 0 spiro atoms. The van der Waals surface area contributed by atoms with E-state index < -0.39 is 11.8 Å². The van der Waals surface area contributed by atoms with Gasteiger partial charge in [0, 0.05) is 10.6 Å².